The standard InChI is InChI=1S/C25H26Cl2N2O4/c1-16-3-5-17(6-4-16)23(30)21-22(19-8-7-18(26)15-20(19)27)29(25(32)24(21)31)10-2-9-28-11-13-33-14-12-28/h3-8,15,22,30H,2,9-14H2,1H3/b23-21+. The molecule has 0 aliphatic carbocycles. The Kier molecular flexibility index (Phi) is 7.39. The zero-order valence-electron chi connectivity index (χ0n) is 18.4. The molecule has 2 aliphatic rings. The second-order valence-electron chi connectivity index (χ2n) is 8.33. The van der Waals surface area contributed by atoms with Gasteiger partial charge in [-0.05, 0) is 31.0 Å². The van der Waals surface area contributed by atoms with E-state index in [-0.39, 0.29) is 11.3 Å². The predicted octanol–water partition coefficient (Wildman–Crippen LogP) is 4.45. The van der Waals surface area contributed by atoms with Gasteiger partial charge in [0.1, 0.15) is 5.76 Å². The lowest BCUT2D eigenvalue weighted by Gasteiger charge is -2.29. The number of aliphatic hydroxyl groups is 1. The Hall–Kier alpha value is -2.38. The average molecular weight is 489 g/mol. The first kappa shape index (κ1) is 23.8. The number of likely N-dealkylation sites (tertiary alicyclic amines) is 1. The van der Waals surface area contributed by atoms with Crippen molar-refractivity contribution in [2.24, 2.45) is 0 Å². The van der Waals surface area contributed by atoms with Crippen LogP contribution in [-0.2, 0) is 14.3 Å². The Morgan fingerprint density at radius 2 is 1.76 bits per heavy atom. The number of ether oxygens (including phenoxy) is 1. The summed E-state index contributed by atoms with van der Waals surface area (Å²) >= 11 is 12.6. The first-order valence-electron chi connectivity index (χ1n) is 11.0. The van der Waals surface area contributed by atoms with Crippen LogP contribution < -0.4 is 0 Å². The van der Waals surface area contributed by atoms with E-state index in [9.17, 15) is 14.7 Å². The molecule has 33 heavy (non-hydrogen) atoms. The summed E-state index contributed by atoms with van der Waals surface area (Å²) < 4.78 is 5.39. The SMILES string of the molecule is Cc1ccc(/C(O)=C2\C(=O)C(=O)N(CCCN3CCOCC3)C2c2ccc(Cl)cc2Cl)cc1. The number of morpholine rings is 1. The summed E-state index contributed by atoms with van der Waals surface area (Å²) in [6.07, 6.45) is 0.680. The zero-order chi connectivity index (χ0) is 23.5. The van der Waals surface area contributed by atoms with Gasteiger partial charge in [0.15, 0.2) is 0 Å². The van der Waals surface area contributed by atoms with Crippen LogP contribution in [0.5, 0.6) is 0 Å². The number of benzene rings is 2. The molecule has 0 bridgehead atoms. The third-order valence-electron chi connectivity index (χ3n) is 6.10. The lowest BCUT2D eigenvalue weighted by Crippen LogP contribution is -2.39. The minimum atomic E-state index is -0.791. The largest absolute Gasteiger partial charge is 0.507 e. The highest BCUT2D eigenvalue weighted by Gasteiger charge is 2.46. The number of nitrogens with zero attached hydrogens (tertiary/aromatic N) is 2. The molecule has 2 fully saturated rings. The van der Waals surface area contributed by atoms with Crippen molar-refractivity contribution in [1.29, 1.82) is 0 Å². The molecule has 0 radical (unpaired) electrons. The van der Waals surface area contributed by atoms with Gasteiger partial charge in [-0.3, -0.25) is 14.5 Å². The van der Waals surface area contributed by atoms with E-state index in [0.717, 1.165) is 25.2 Å². The third-order valence-corrected chi connectivity index (χ3v) is 6.66. The molecule has 2 aromatic rings. The van der Waals surface area contributed by atoms with Crippen molar-refractivity contribution in [3.05, 3.63) is 74.8 Å². The quantitative estimate of drug-likeness (QED) is 0.369. The summed E-state index contributed by atoms with van der Waals surface area (Å²) in [7, 11) is 0. The highest BCUT2D eigenvalue weighted by atomic mass is 35.5. The maximum Gasteiger partial charge on any atom is 0.295 e. The number of ketones is 1. The van der Waals surface area contributed by atoms with Crippen LogP contribution in [0, 0.1) is 6.92 Å². The molecule has 8 heteroatoms. The van der Waals surface area contributed by atoms with Gasteiger partial charge in [-0.15, -0.1) is 0 Å². The van der Waals surface area contributed by atoms with Crippen molar-refractivity contribution in [3.8, 4) is 0 Å². The Morgan fingerprint density at radius 1 is 1.06 bits per heavy atom. The normalized spacial score (nSPS) is 21.1. The van der Waals surface area contributed by atoms with E-state index in [4.69, 9.17) is 27.9 Å². The number of carbonyl (C=O) groups excluding carboxylic acids is 2. The molecule has 2 saturated heterocycles. The van der Waals surface area contributed by atoms with Crippen molar-refractivity contribution in [3.63, 3.8) is 0 Å². The van der Waals surface area contributed by atoms with Crippen LogP contribution in [0.3, 0.4) is 0 Å². The zero-order valence-corrected chi connectivity index (χ0v) is 19.9. The van der Waals surface area contributed by atoms with E-state index in [2.05, 4.69) is 4.90 Å². The highest BCUT2D eigenvalue weighted by Crippen LogP contribution is 2.42. The van der Waals surface area contributed by atoms with Crippen molar-refractivity contribution in [1.82, 2.24) is 9.80 Å². The minimum Gasteiger partial charge on any atom is -0.507 e. The number of Topliss-reactive ketones (excluding diaryl/α,β-unsaturated/α-hetero) is 1. The fraction of sp³-hybridized carbons (Fsp3) is 0.360. The summed E-state index contributed by atoms with van der Waals surface area (Å²) in [4.78, 5) is 30.0. The van der Waals surface area contributed by atoms with Gasteiger partial charge in [0.2, 0.25) is 0 Å². The van der Waals surface area contributed by atoms with Gasteiger partial charge in [-0.2, -0.15) is 0 Å². The summed E-state index contributed by atoms with van der Waals surface area (Å²) in [6.45, 7) is 6.16. The second kappa shape index (κ2) is 10.3. The molecular formula is C25H26Cl2N2O4. The number of amides is 1. The summed E-state index contributed by atoms with van der Waals surface area (Å²) in [5.74, 6) is -1.56. The van der Waals surface area contributed by atoms with Crippen LogP contribution in [0.15, 0.2) is 48.0 Å². The Balaban J connectivity index is 1.70. The molecule has 1 N–H and O–H groups in total. The van der Waals surface area contributed by atoms with E-state index in [0.29, 0.717) is 47.4 Å². The molecule has 2 heterocycles. The fourth-order valence-corrected chi connectivity index (χ4v) is 4.83. The molecule has 4 rings (SSSR count). The molecule has 1 unspecified atom stereocenters. The molecule has 1 amide bonds. The molecule has 0 spiro atoms. The number of aliphatic hydroxyl groups excluding tert-OH is 1. The van der Waals surface area contributed by atoms with E-state index in [1.165, 1.54) is 4.90 Å². The van der Waals surface area contributed by atoms with Gasteiger partial charge in [0.25, 0.3) is 11.7 Å². The van der Waals surface area contributed by atoms with Gasteiger partial charge >= 0.3 is 0 Å². The van der Waals surface area contributed by atoms with Crippen LogP contribution in [-0.4, -0.2) is 66.0 Å². The Labute approximate surface area is 203 Å². The van der Waals surface area contributed by atoms with E-state index in [1.807, 2.05) is 19.1 Å². The third kappa shape index (κ3) is 5.09. The van der Waals surface area contributed by atoms with Crippen LogP contribution >= 0.6 is 23.2 Å². The van der Waals surface area contributed by atoms with E-state index < -0.39 is 17.7 Å². The number of carbonyl (C=O) groups is 2. The minimum absolute atomic E-state index is 0.0412. The van der Waals surface area contributed by atoms with Gasteiger partial charge in [-0.25, -0.2) is 0 Å². The smallest absolute Gasteiger partial charge is 0.295 e. The first-order chi connectivity index (χ1) is 15.9. The maximum atomic E-state index is 13.1. The summed E-state index contributed by atoms with van der Waals surface area (Å²) in [6, 6.07) is 11.3. The first-order valence-corrected chi connectivity index (χ1v) is 11.7. The topological polar surface area (TPSA) is 70.1 Å². The van der Waals surface area contributed by atoms with Crippen LogP contribution in [0.4, 0.5) is 0 Å². The van der Waals surface area contributed by atoms with Crippen molar-refractivity contribution < 1.29 is 19.4 Å². The Bertz CT molecular complexity index is 1080. The predicted molar refractivity (Wildman–Crippen MR) is 129 cm³/mol. The lowest BCUT2D eigenvalue weighted by molar-refractivity contribution is -0.140. The molecule has 0 saturated carbocycles. The summed E-state index contributed by atoms with van der Waals surface area (Å²) in [5, 5.41) is 11.9. The number of aryl methyl sites for hydroxylation is 1. The van der Waals surface area contributed by atoms with E-state index in [1.54, 1.807) is 30.3 Å². The number of hydrogen-bond donors (Lipinski definition) is 1. The molecular weight excluding hydrogens is 463 g/mol. The molecule has 0 aromatic heterocycles. The van der Waals surface area contributed by atoms with Gasteiger partial charge in [0, 0.05) is 41.8 Å². The van der Waals surface area contributed by atoms with Gasteiger partial charge in [-0.1, -0.05) is 59.1 Å². The number of hydrogen-bond acceptors (Lipinski definition) is 5. The van der Waals surface area contributed by atoms with Gasteiger partial charge in [0.05, 0.1) is 24.8 Å². The van der Waals surface area contributed by atoms with Crippen molar-refractivity contribution in [2.45, 2.75) is 19.4 Å². The van der Waals surface area contributed by atoms with Crippen LogP contribution in [0.2, 0.25) is 10.0 Å². The molecule has 6 nitrogen and oxygen atoms in total. The highest BCUT2D eigenvalue weighted by molar-refractivity contribution is 6.47. The molecule has 2 aliphatic heterocycles. The fourth-order valence-electron chi connectivity index (χ4n) is 4.31. The van der Waals surface area contributed by atoms with Crippen molar-refractivity contribution >= 4 is 40.7 Å². The molecule has 174 valence electrons. The van der Waals surface area contributed by atoms with Gasteiger partial charge < -0.3 is 14.7 Å². The van der Waals surface area contributed by atoms with Crippen molar-refractivity contribution in [2.75, 3.05) is 39.4 Å². The average Bonchev–Trinajstić information content (AvgIpc) is 3.05. The van der Waals surface area contributed by atoms with Crippen LogP contribution in [0.1, 0.15) is 29.2 Å². The second-order valence-corrected chi connectivity index (χ2v) is 9.18. The number of rotatable bonds is 6. The van der Waals surface area contributed by atoms with Crippen LogP contribution in [0.25, 0.3) is 5.76 Å². The summed E-state index contributed by atoms with van der Waals surface area (Å²) in [5.41, 5.74) is 2.09. The maximum absolute atomic E-state index is 13.1. The molecule has 1 atom stereocenters. The lowest BCUT2D eigenvalue weighted by atomic mass is 9.95. The molecule has 2 aromatic carbocycles. The monoisotopic (exact) mass is 488 g/mol. The number of halogens is 2. The Morgan fingerprint density at radius 3 is 2.42 bits per heavy atom. The van der Waals surface area contributed by atoms with E-state index >= 15 is 0 Å².